The summed E-state index contributed by atoms with van der Waals surface area (Å²) in [6.45, 7) is 9.44. The molecule has 0 saturated heterocycles. The lowest BCUT2D eigenvalue weighted by atomic mass is 9.98. The molecule has 1 atom stereocenters. The molecule has 0 aliphatic carbocycles. The molecule has 9 heteroatoms. The zero-order valence-electron chi connectivity index (χ0n) is 23.5. The van der Waals surface area contributed by atoms with Gasteiger partial charge in [0, 0.05) is 16.8 Å². The molecule has 2 amide bonds. The number of anilines is 1. The summed E-state index contributed by atoms with van der Waals surface area (Å²) in [5.41, 5.74) is 3.75. The van der Waals surface area contributed by atoms with Crippen molar-refractivity contribution in [3.05, 3.63) is 77.4 Å². The van der Waals surface area contributed by atoms with Gasteiger partial charge in [-0.2, -0.15) is 0 Å². The number of hydrogen-bond donors (Lipinski definition) is 1. The van der Waals surface area contributed by atoms with Crippen LogP contribution in [0.3, 0.4) is 0 Å². The Balaban J connectivity index is 1.94. The maximum atomic E-state index is 14.3. The van der Waals surface area contributed by atoms with Crippen LogP contribution in [0.1, 0.15) is 43.5 Å². The second-order valence-electron chi connectivity index (χ2n) is 10.5. The standard InChI is InChI=1S/C30H35N5O4/c1-19-15-16-20(2)24(17-19)35(26(36)18-34-23-13-9-8-12-22(23)32-33-34)27(29(37)31-30(3,4)5)21-11-10-14-25(38-6)28(21)39-7/h8-17,27H,18H2,1-7H3,(H,31,37)/t27-/m0/s1. The predicted octanol–water partition coefficient (Wildman–Crippen LogP) is 4.75. The third-order valence-electron chi connectivity index (χ3n) is 6.33. The maximum Gasteiger partial charge on any atom is 0.249 e. The smallest absolute Gasteiger partial charge is 0.249 e. The van der Waals surface area contributed by atoms with Crippen LogP contribution in [0.2, 0.25) is 0 Å². The molecule has 9 nitrogen and oxygen atoms in total. The molecule has 39 heavy (non-hydrogen) atoms. The van der Waals surface area contributed by atoms with Gasteiger partial charge in [-0.25, -0.2) is 4.68 Å². The highest BCUT2D eigenvalue weighted by Gasteiger charge is 2.38. The summed E-state index contributed by atoms with van der Waals surface area (Å²) in [7, 11) is 3.06. The van der Waals surface area contributed by atoms with Crippen molar-refractivity contribution in [2.45, 2.75) is 52.7 Å². The zero-order valence-corrected chi connectivity index (χ0v) is 23.5. The number of carbonyl (C=O) groups is 2. The summed E-state index contributed by atoms with van der Waals surface area (Å²) in [5.74, 6) is 0.146. The first-order valence-electron chi connectivity index (χ1n) is 12.7. The minimum Gasteiger partial charge on any atom is -0.493 e. The van der Waals surface area contributed by atoms with E-state index in [1.807, 2.05) is 77.1 Å². The number of nitrogens with one attached hydrogen (secondary N) is 1. The molecule has 204 valence electrons. The van der Waals surface area contributed by atoms with Crippen LogP contribution in [0.4, 0.5) is 5.69 Å². The summed E-state index contributed by atoms with van der Waals surface area (Å²) < 4.78 is 12.8. The zero-order chi connectivity index (χ0) is 28.3. The first-order chi connectivity index (χ1) is 18.5. The number of aryl methyl sites for hydroxylation is 2. The van der Waals surface area contributed by atoms with Crippen molar-refractivity contribution < 1.29 is 19.1 Å². The molecule has 4 rings (SSSR count). The van der Waals surface area contributed by atoms with Crippen LogP contribution in [-0.4, -0.2) is 46.6 Å². The van der Waals surface area contributed by atoms with E-state index in [9.17, 15) is 9.59 Å². The van der Waals surface area contributed by atoms with Crippen LogP contribution in [-0.2, 0) is 16.1 Å². The molecule has 0 aliphatic rings. The molecule has 0 radical (unpaired) electrons. The number of nitrogens with zero attached hydrogens (tertiary/aromatic N) is 4. The Hall–Kier alpha value is -4.40. The Kier molecular flexibility index (Phi) is 7.90. The number of amides is 2. The summed E-state index contributed by atoms with van der Waals surface area (Å²) in [6.07, 6.45) is 0. The van der Waals surface area contributed by atoms with Crippen molar-refractivity contribution in [2.75, 3.05) is 19.1 Å². The predicted molar refractivity (Wildman–Crippen MR) is 151 cm³/mol. The van der Waals surface area contributed by atoms with Gasteiger partial charge in [-0.05, 0) is 70.0 Å². The average molecular weight is 530 g/mol. The number of benzene rings is 3. The average Bonchev–Trinajstić information content (AvgIpc) is 3.29. The lowest BCUT2D eigenvalue weighted by Crippen LogP contribution is -2.50. The van der Waals surface area contributed by atoms with Crippen LogP contribution in [0, 0.1) is 13.8 Å². The van der Waals surface area contributed by atoms with Crippen molar-refractivity contribution in [3.63, 3.8) is 0 Å². The van der Waals surface area contributed by atoms with Crippen molar-refractivity contribution in [1.82, 2.24) is 20.3 Å². The van der Waals surface area contributed by atoms with Crippen LogP contribution in [0.25, 0.3) is 11.0 Å². The monoisotopic (exact) mass is 529 g/mol. The normalized spacial score (nSPS) is 12.2. The van der Waals surface area contributed by atoms with E-state index < -0.39 is 11.6 Å². The topological polar surface area (TPSA) is 98.6 Å². The number of methoxy groups -OCH3 is 2. The van der Waals surface area contributed by atoms with Crippen molar-refractivity contribution >= 4 is 28.5 Å². The molecule has 1 N–H and O–H groups in total. The Labute approximate surface area is 228 Å². The minimum absolute atomic E-state index is 0.126. The van der Waals surface area contributed by atoms with Gasteiger partial charge < -0.3 is 14.8 Å². The summed E-state index contributed by atoms with van der Waals surface area (Å²) >= 11 is 0. The fourth-order valence-electron chi connectivity index (χ4n) is 4.60. The van der Waals surface area contributed by atoms with E-state index in [1.165, 1.54) is 19.1 Å². The van der Waals surface area contributed by atoms with E-state index in [0.29, 0.717) is 28.3 Å². The Morgan fingerprint density at radius 2 is 1.74 bits per heavy atom. The molecule has 0 aliphatic heterocycles. The first kappa shape index (κ1) is 27.6. The number of aromatic nitrogens is 3. The third kappa shape index (κ3) is 5.87. The second kappa shape index (κ2) is 11.1. The molecule has 1 heterocycles. The van der Waals surface area contributed by atoms with E-state index >= 15 is 0 Å². The molecular weight excluding hydrogens is 494 g/mol. The van der Waals surface area contributed by atoms with Gasteiger partial charge in [-0.1, -0.05) is 41.6 Å². The van der Waals surface area contributed by atoms with Crippen LogP contribution < -0.4 is 19.7 Å². The lowest BCUT2D eigenvalue weighted by Gasteiger charge is -2.35. The number of rotatable bonds is 8. The summed E-state index contributed by atoms with van der Waals surface area (Å²) in [6, 6.07) is 17.5. The summed E-state index contributed by atoms with van der Waals surface area (Å²) in [4.78, 5) is 30.0. The van der Waals surface area contributed by atoms with E-state index in [4.69, 9.17) is 9.47 Å². The Morgan fingerprint density at radius 3 is 2.44 bits per heavy atom. The number of para-hydroxylation sites is 2. The largest absolute Gasteiger partial charge is 0.493 e. The molecule has 0 unspecified atom stereocenters. The number of carbonyl (C=O) groups excluding carboxylic acids is 2. The Bertz CT molecular complexity index is 1510. The van der Waals surface area contributed by atoms with Crippen LogP contribution in [0.5, 0.6) is 11.5 Å². The quantitative estimate of drug-likeness (QED) is 0.354. The fourth-order valence-corrected chi connectivity index (χ4v) is 4.60. The van der Waals surface area contributed by atoms with Gasteiger partial charge in [0.25, 0.3) is 0 Å². The van der Waals surface area contributed by atoms with E-state index in [0.717, 1.165) is 16.6 Å². The van der Waals surface area contributed by atoms with Crippen molar-refractivity contribution in [3.8, 4) is 11.5 Å². The third-order valence-corrected chi connectivity index (χ3v) is 6.33. The van der Waals surface area contributed by atoms with Gasteiger partial charge in [-0.3, -0.25) is 14.5 Å². The minimum atomic E-state index is -1.07. The molecule has 0 bridgehead atoms. The van der Waals surface area contributed by atoms with Crippen molar-refractivity contribution in [2.24, 2.45) is 0 Å². The van der Waals surface area contributed by atoms with Gasteiger partial charge >= 0.3 is 0 Å². The van der Waals surface area contributed by atoms with Gasteiger partial charge in [0.15, 0.2) is 11.5 Å². The second-order valence-corrected chi connectivity index (χ2v) is 10.5. The fraction of sp³-hybridized carbons (Fsp3) is 0.333. The van der Waals surface area contributed by atoms with E-state index in [1.54, 1.807) is 22.9 Å². The highest BCUT2D eigenvalue weighted by molar-refractivity contribution is 6.02. The Morgan fingerprint density at radius 1 is 1.00 bits per heavy atom. The SMILES string of the molecule is COc1cccc([C@@H](C(=O)NC(C)(C)C)N(C(=O)Cn2nnc3ccccc32)c2cc(C)ccc2C)c1OC. The van der Waals surface area contributed by atoms with E-state index in [-0.39, 0.29) is 18.4 Å². The maximum absolute atomic E-state index is 14.3. The van der Waals surface area contributed by atoms with Gasteiger partial charge in [0.2, 0.25) is 11.8 Å². The molecule has 0 fully saturated rings. The van der Waals surface area contributed by atoms with Gasteiger partial charge in [0.05, 0.1) is 19.7 Å². The molecule has 0 spiro atoms. The van der Waals surface area contributed by atoms with Gasteiger partial charge in [-0.15, -0.1) is 5.10 Å². The summed E-state index contributed by atoms with van der Waals surface area (Å²) in [5, 5.41) is 11.5. The highest BCUT2D eigenvalue weighted by atomic mass is 16.5. The highest BCUT2D eigenvalue weighted by Crippen LogP contribution is 2.40. The van der Waals surface area contributed by atoms with Gasteiger partial charge in [0.1, 0.15) is 18.1 Å². The van der Waals surface area contributed by atoms with Crippen LogP contribution >= 0.6 is 0 Å². The molecular formula is C30H35N5O4. The lowest BCUT2D eigenvalue weighted by molar-refractivity contribution is -0.128. The molecule has 3 aromatic carbocycles. The number of hydrogen-bond acceptors (Lipinski definition) is 6. The van der Waals surface area contributed by atoms with E-state index in [2.05, 4.69) is 15.6 Å². The molecule has 4 aromatic rings. The molecule has 0 saturated carbocycles. The number of fused-ring (bicyclic) bond motifs is 1. The molecule has 1 aromatic heterocycles. The number of ether oxygens (including phenoxy) is 2. The van der Waals surface area contributed by atoms with Crippen molar-refractivity contribution in [1.29, 1.82) is 0 Å². The first-order valence-corrected chi connectivity index (χ1v) is 12.7. The van der Waals surface area contributed by atoms with Crippen LogP contribution in [0.15, 0.2) is 60.7 Å².